The van der Waals surface area contributed by atoms with E-state index < -0.39 is 24.4 Å². The molecule has 1 aromatic carbocycles. The van der Waals surface area contributed by atoms with Gasteiger partial charge in [-0.3, -0.25) is 0 Å². The Kier molecular flexibility index (Phi) is 5.07. The van der Waals surface area contributed by atoms with E-state index in [1.165, 1.54) is 18.2 Å². The molecule has 1 rings (SSSR count). The van der Waals surface area contributed by atoms with Crippen LogP contribution in [0.3, 0.4) is 0 Å². The SMILES string of the molecule is Cl.N[C@H](CO)c1ccccc1C(F)(F)F. The molecule has 1 atom stereocenters. The first-order chi connectivity index (χ1) is 6.46. The normalized spacial score (nSPS) is 13.1. The predicted octanol–water partition coefficient (Wildman–Crippen LogP) is 2.12. The fraction of sp³-hybridized carbons (Fsp3) is 0.333. The van der Waals surface area contributed by atoms with Crippen LogP contribution in [0.5, 0.6) is 0 Å². The molecule has 15 heavy (non-hydrogen) atoms. The van der Waals surface area contributed by atoms with Crippen LogP contribution in [-0.2, 0) is 6.18 Å². The van der Waals surface area contributed by atoms with E-state index in [1.54, 1.807) is 0 Å². The molecule has 0 saturated carbocycles. The lowest BCUT2D eigenvalue weighted by molar-refractivity contribution is -0.138. The van der Waals surface area contributed by atoms with Gasteiger partial charge < -0.3 is 10.8 Å². The van der Waals surface area contributed by atoms with Crippen LogP contribution in [0.25, 0.3) is 0 Å². The van der Waals surface area contributed by atoms with Gasteiger partial charge in [-0.15, -0.1) is 12.4 Å². The van der Waals surface area contributed by atoms with Gasteiger partial charge in [-0.05, 0) is 11.6 Å². The summed E-state index contributed by atoms with van der Waals surface area (Å²) >= 11 is 0. The number of benzene rings is 1. The topological polar surface area (TPSA) is 46.2 Å². The van der Waals surface area contributed by atoms with Crippen LogP contribution in [0.1, 0.15) is 17.2 Å². The Morgan fingerprint density at radius 3 is 2.27 bits per heavy atom. The van der Waals surface area contributed by atoms with Gasteiger partial charge in [0, 0.05) is 0 Å². The highest BCUT2D eigenvalue weighted by atomic mass is 35.5. The molecule has 0 aromatic heterocycles. The second-order valence-electron chi connectivity index (χ2n) is 2.87. The zero-order valence-electron chi connectivity index (χ0n) is 7.66. The van der Waals surface area contributed by atoms with Crippen LogP contribution in [0.4, 0.5) is 13.2 Å². The van der Waals surface area contributed by atoms with Gasteiger partial charge in [0.1, 0.15) is 0 Å². The molecule has 0 amide bonds. The number of nitrogens with two attached hydrogens (primary N) is 1. The summed E-state index contributed by atoms with van der Waals surface area (Å²) in [4.78, 5) is 0. The first-order valence-electron chi connectivity index (χ1n) is 3.99. The predicted molar refractivity (Wildman–Crippen MR) is 52.7 cm³/mol. The Morgan fingerprint density at radius 1 is 1.27 bits per heavy atom. The third-order valence-electron chi connectivity index (χ3n) is 1.86. The summed E-state index contributed by atoms with van der Waals surface area (Å²) in [6.45, 7) is -0.507. The van der Waals surface area contributed by atoms with E-state index >= 15 is 0 Å². The lowest BCUT2D eigenvalue weighted by atomic mass is 10.0. The summed E-state index contributed by atoms with van der Waals surface area (Å²) < 4.78 is 37.2. The molecule has 1 aromatic rings. The molecule has 3 N–H and O–H groups in total. The van der Waals surface area contributed by atoms with E-state index in [1.807, 2.05) is 0 Å². The van der Waals surface area contributed by atoms with E-state index in [0.29, 0.717) is 0 Å². The number of aliphatic hydroxyl groups excluding tert-OH is 1. The molecule has 0 aliphatic rings. The smallest absolute Gasteiger partial charge is 0.394 e. The summed E-state index contributed by atoms with van der Waals surface area (Å²) in [6, 6.07) is 3.97. The molecule has 0 unspecified atom stereocenters. The van der Waals surface area contributed by atoms with Crippen LogP contribution in [0, 0.1) is 0 Å². The third-order valence-corrected chi connectivity index (χ3v) is 1.86. The van der Waals surface area contributed by atoms with E-state index in [2.05, 4.69) is 0 Å². The fourth-order valence-electron chi connectivity index (χ4n) is 1.18. The van der Waals surface area contributed by atoms with Crippen LogP contribution < -0.4 is 5.73 Å². The van der Waals surface area contributed by atoms with E-state index in [9.17, 15) is 13.2 Å². The van der Waals surface area contributed by atoms with Crippen LogP contribution in [0.2, 0.25) is 0 Å². The minimum Gasteiger partial charge on any atom is -0.394 e. The number of rotatable bonds is 2. The van der Waals surface area contributed by atoms with Gasteiger partial charge in [0.05, 0.1) is 18.2 Å². The molecule has 2 nitrogen and oxygen atoms in total. The summed E-state index contributed by atoms with van der Waals surface area (Å²) in [5.74, 6) is 0. The highest BCUT2D eigenvalue weighted by molar-refractivity contribution is 5.85. The van der Waals surface area contributed by atoms with Crippen molar-refractivity contribution < 1.29 is 18.3 Å². The van der Waals surface area contributed by atoms with Gasteiger partial charge in [0.2, 0.25) is 0 Å². The maximum atomic E-state index is 12.4. The van der Waals surface area contributed by atoms with Gasteiger partial charge in [-0.25, -0.2) is 0 Å². The molecule has 86 valence electrons. The molecular weight excluding hydrogens is 231 g/mol. The molecule has 0 aliphatic carbocycles. The summed E-state index contributed by atoms with van der Waals surface area (Å²) in [7, 11) is 0. The zero-order valence-corrected chi connectivity index (χ0v) is 8.48. The molecular formula is C9H11ClF3NO. The molecule has 6 heteroatoms. The van der Waals surface area contributed by atoms with Crippen LogP contribution in [0.15, 0.2) is 24.3 Å². The number of alkyl halides is 3. The highest BCUT2D eigenvalue weighted by Gasteiger charge is 2.33. The number of hydrogen-bond donors (Lipinski definition) is 2. The second kappa shape index (κ2) is 5.34. The van der Waals surface area contributed by atoms with Crippen molar-refractivity contribution in [3.05, 3.63) is 35.4 Å². The Hall–Kier alpha value is -0.780. The maximum absolute atomic E-state index is 12.4. The maximum Gasteiger partial charge on any atom is 0.416 e. The van der Waals surface area contributed by atoms with Gasteiger partial charge in [-0.1, -0.05) is 18.2 Å². The quantitative estimate of drug-likeness (QED) is 0.833. The lowest BCUT2D eigenvalue weighted by Gasteiger charge is -2.16. The lowest BCUT2D eigenvalue weighted by Crippen LogP contribution is -2.20. The molecule has 0 spiro atoms. The van der Waals surface area contributed by atoms with Crippen molar-refractivity contribution in [2.75, 3.05) is 6.61 Å². The van der Waals surface area contributed by atoms with Crippen molar-refractivity contribution in [1.29, 1.82) is 0 Å². The van der Waals surface area contributed by atoms with Crippen molar-refractivity contribution in [2.24, 2.45) is 5.73 Å². The van der Waals surface area contributed by atoms with Crippen molar-refractivity contribution in [3.8, 4) is 0 Å². The second-order valence-corrected chi connectivity index (χ2v) is 2.87. The number of hydrogen-bond acceptors (Lipinski definition) is 2. The van der Waals surface area contributed by atoms with Gasteiger partial charge in [0.15, 0.2) is 0 Å². The summed E-state index contributed by atoms with van der Waals surface area (Å²) in [5.41, 5.74) is 4.47. The molecule has 0 fully saturated rings. The standard InChI is InChI=1S/C9H10F3NO.ClH/c10-9(11,12)7-4-2-1-3-6(7)8(13)5-14;/h1-4,8,14H,5,13H2;1H/t8-;/m1./s1. The first-order valence-corrected chi connectivity index (χ1v) is 3.99. The van der Waals surface area contributed by atoms with Gasteiger partial charge >= 0.3 is 6.18 Å². The molecule has 0 radical (unpaired) electrons. The average Bonchev–Trinajstić information content (AvgIpc) is 2.15. The molecule has 0 bridgehead atoms. The monoisotopic (exact) mass is 241 g/mol. The zero-order chi connectivity index (χ0) is 10.8. The van der Waals surface area contributed by atoms with Gasteiger partial charge in [0.25, 0.3) is 0 Å². The summed E-state index contributed by atoms with van der Waals surface area (Å²) in [6.07, 6.45) is -4.43. The number of halogens is 4. The molecule has 0 saturated heterocycles. The van der Waals surface area contributed by atoms with E-state index in [0.717, 1.165) is 6.07 Å². The molecule has 0 aliphatic heterocycles. The minimum absolute atomic E-state index is 0. The highest BCUT2D eigenvalue weighted by Crippen LogP contribution is 2.33. The van der Waals surface area contributed by atoms with Crippen molar-refractivity contribution in [1.82, 2.24) is 0 Å². The Bertz CT molecular complexity index is 316. The van der Waals surface area contributed by atoms with E-state index in [4.69, 9.17) is 10.8 Å². The first kappa shape index (κ1) is 14.2. The Balaban J connectivity index is 0.00000196. The largest absolute Gasteiger partial charge is 0.416 e. The van der Waals surface area contributed by atoms with Crippen LogP contribution >= 0.6 is 12.4 Å². The van der Waals surface area contributed by atoms with Crippen molar-refractivity contribution >= 4 is 12.4 Å². The van der Waals surface area contributed by atoms with E-state index in [-0.39, 0.29) is 18.0 Å². The third kappa shape index (κ3) is 3.37. The molecule has 0 heterocycles. The van der Waals surface area contributed by atoms with Crippen molar-refractivity contribution in [3.63, 3.8) is 0 Å². The minimum atomic E-state index is -4.43. The number of aliphatic hydroxyl groups is 1. The Morgan fingerprint density at radius 2 is 1.80 bits per heavy atom. The average molecular weight is 242 g/mol. The van der Waals surface area contributed by atoms with Gasteiger partial charge in [-0.2, -0.15) is 13.2 Å². The Labute approximate surface area is 91.3 Å². The van der Waals surface area contributed by atoms with Crippen molar-refractivity contribution in [2.45, 2.75) is 12.2 Å². The fourth-order valence-corrected chi connectivity index (χ4v) is 1.18. The summed E-state index contributed by atoms with van der Waals surface area (Å²) in [5, 5.41) is 8.69. The van der Waals surface area contributed by atoms with Crippen LogP contribution in [-0.4, -0.2) is 11.7 Å².